The van der Waals surface area contributed by atoms with Gasteiger partial charge in [0.05, 0.1) is 19.3 Å². The molecule has 5 heteroatoms. The van der Waals surface area contributed by atoms with Crippen LogP contribution in [0.4, 0.5) is 0 Å². The summed E-state index contributed by atoms with van der Waals surface area (Å²) in [6.45, 7) is 6.43. The number of aliphatic hydroxyl groups is 1. The maximum absolute atomic E-state index is 12.1. The number of morpholine rings is 1. The fraction of sp³-hybridized carbons (Fsp3) is 0.923. The molecule has 0 spiro atoms. The Hall–Kier alpha value is -0.650. The number of carbonyl (C=O) groups excluding carboxylic acids is 1. The lowest BCUT2D eigenvalue weighted by atomic mass is 9.93. The van der Waals surface area contributed by atoms with Crippen molar-refractivity contribution in [3.8, 4) is 0 Å². The molecule has 1 heterocycles. The van der Waals surface area contributed by atoms with Crippen molar-refractivity contribution < 1.29 is 14.6 Å². The van der Waals surface area contributed by atoms with Crippen molar-refractivity contribution in [2.24, 2.45) is 17.6 Å². The number of amides is 1. The molecule has 1 aliphatic rings. The van der Waals surface area contributed by atoms with E-state index in [1.807, 2.05) is 0 Å². The van der Waals surface area contributed by atoms with Crippen LogP contribution < -0.4 is 5.73 Å². The molecule has 0 aromatic carbocycles. The van der Waals surface area contributed by atoms with Crippen molar-refractivity contribution in [2.45, 2.75) is 32.8 Å². The summed E-state index contributed by atoms with van der Waals surface area (Å²) in [7, 11) is 0. The fourth-order valence-electron chi connectivity index (χ4n) is 2.36. The van der Waals surface area contributed by atoms with E-state index in [2.05, 4.69) is 13.8 Å². The third kappa shape index (κ3) is 4.92. The zero-order valence-electron chi connectivity index (χ0n) is 11.5. The topological polar surface area (TPSA) is 75.8 Å². The van der Waals surface area contributed by atoms with Gasteiger partial charge in [0.1, 0.15) is 0 Å². The van der Waals surface area contributed by atoms with Crippen LogP contribution in [0, 0.1) is 11.8 Å². The molecular formula is C13H26N2O3. The predicted octanol–water partition coefficient (Wildman–Crippen LogP) is 0.217. The maximum Gasteiger partial charge on any atom is 0.223 e. The molecule has 1 amide bonds. The van der Waals surface area contributed by atoms with E-state index in [4.69, 9.17) is 15.6 Å². The third-order valence-corrected chi connectivity index (χ3v) is 3.30. The summed E-state index contributed by atoms with van der Waals surface area (Å²) in [5.41, 5.74) is 5.72. The molecule has 2 unspecified atom stereocenters. The summed E-state index contributed by atoms with van der Waals surface area (Å²) in [4.78, 5) is 13.9. The van der Waals surface area contributed by atoms with Crippen LogP contribution in [0.2, 0.25) is 0 Å². The van der Waals surface area contributed by atoms with Crippen LogP contribution in [0.3, 0.4) is 0 Å². The molecule has 0 bridgehead atoms. The minimum absolute atomic E-state index is 0.0317. The highest BCUT2D eigenvalue weighted by atomic mass is 16.5. The number of hydrogen-bond donors (Lipinski definition) is 2. The zero-order chi connectivity index (χ0) is 13.5. The summed E-state index contributed by atoms with van der Waals surface area (Å²) >= 11 is 0. The van der Waals surface area contributed by atoms with E-state index in [0.29, 0.717) is 38.6 Å². The molecule has 1 saturated heterocycles. The summed E-state index contributed by atoms with van der Waals surface area (Å²) in [5, 5.41) is 9.05. The predicted molar refractivity (Wildman–Crippen MR) is 70.0 cm³/mol. The fourth-order valence-corrected chi connectivity index (χ4v) is 2.36. The van der Waals surface area contributed by atoms with Crippen LogP contribution in [-0.2, 0) is 9.53 Å². The first kappa shape index (κ1) is 15.4. The Balaban J connectivity index is 2.42. The highest BCUT2D eigenvalue weighted by Gasteiger charge is 2.25. The van der Waals surface area contributed by atoms with Crippen molar-refractivity contribution in [1.29, 1.82) is 0 Å². The lowest BCUT2D eigenvalue weighted by molar-refractivity contribution is -0.141. The second-order valence-electron chi connectivity index (χ2n) is 5.45. The number of nitrogens with two attached hydrogens (primary N) is 1. The van der Waals surface area contributed by atoms with Gasteiger partial charge in [-0.1, -0.05) is 13.8 Å². The van der Waals surface area contributed by atoms with E-state index in [9.17, 15) is 4.79 Å². The summed E-state index contributed by atoms with van der Waals surface area (Å²) in [6.07, 6.45) is 1.26. The number of nitrogens with zero attached hydrogens (tertiary/aromatic N) is 1. The van der Waals surface area contributed by atoms with Gasteiger partial charge in [0, 0.05) is 19.5 Å². The second kappa shape index (κ2) is 7.71. The normalized spacial score (nSPS) is 22.3. The Bertz CT molecular complexity index is 259. The molecule has 0 aromatic rings. The lowest BCUT2D eigenvalue weighted by Crippen LogP contribution is -2.47. The molecule has 1 aliphatic heterocycles. The molecule has 0 aromatic heterocycles. The van der Waals surface area contributed by atoms with Gasteiger partial charge in [-0.25, -0.2) is 0 Å². The number of rotatable bonds is 6. The van der Waals surface area contributed by atoms with Crippen molar-refractivity contribution in [1.82, 2.24) is 4.90 Å². The van der Waals surface area contributed by atoms with Gasteiger partial charge in [0.15, 0.2) is 0 Å². The van der Waals surface area contributed by atoms with Crippen LogP contribution in [-0.4, -0.2) is 54.9 Å². The van der Waals surface area contributed by atoms with Gasteiger partial charge in [-0.2, -0.15) is 0 Å². The van der Waals surface area contributed by atoms with Gasteiger partial charge in [-0.05, 0) is 24.8 Å². The van der Waals surface area contributed by atoms with E-state index in [-0.39, 0.29) is 24.5 Å². The van der Waals surface area contributed by atoms with E-state index < -0.39 is 0 Å². The molecule has 2 atom stereocenters. The van der Waals surface area contributed by atoms with Crippen molar-refractivity contribution in [3.05, 3.63) is 0 Å². The monoisotopic (exact) mass is 258 g/mol. The van der Waals surface area contributed by atoms with Gasteiger partial charge in [-0.3, -0.25) is 4.79 Å². The van der Waals surface area contributed by atoms with Crippen molar-refractivity contribution in [2.75, 3.05) is 32.8 Å². The molecule has 0 radical (unpaired) electrons. The quantitative estimate of drug-likeness (QED) is 0.714. The first-order chi connectivity index (χ1) is 8.56. The van der Waals surface area contributed by atoms with E-state index >= 15 is 0 Å². The van der Waals surface area contributed by atoms with Crippen LogP contribution >= 0.6 is 0 Å². The molecule has 1 fully saturated rings. The van der Waals surface area contributed by atoms with Crippen LogP contribution in [0.15, 0.2) is 0 Å². The Morgan fingerprint density at radius 3 is 2.83 bits per heavy atom. The van der Waals surface area contributed by atoms with Gasteiger partial charge >= 0.3 is 0 Å². The minimum atomic E-state index is -0.232. The first-order valence-electron chi connectivity index (χ1n) is 6.77. The van der Waals surface area contributed by atoms with Gasteiger partial charge in [0.2, 0.25) is 5.91 Å². The number of carbonyl (C=O) groups is 1. The molecule has 106 valence electrons. The average Bonchev–Trinajstić information content (AvgIpc) is 2.37. The van der Waals surface area contributed by atoms with Crippen LogP contribution in [0.1, 0.15) is 26.7 Å². The largest absolute Gasteiger partial charge is 0.394 e. The third-order valence-electron chi connectivity index (χ3n) is 3.30. The van der Waals surface area contributed by atoms with E-state index in [1.54, 1.807) is 4.90 Å². The average molecular weight is 258 g/mol. The number of hydrogen-bond acceptors (Lipinski definition) is 4. The first-order valence-corrected chi connectivity index (χ1v) is 6.77. The Morgan fingerprint density at radius 2 is 2.28 bits per heavy atom. The number of aliphatic hydroxyl groups excluding tert-OH is 1. The van der Waals surface area contributed by atoms with Gasteiger partial charge in [0.25, 0.3) is 0 Å². The highest BCUT2D eigenvalue weighted by molar-refractivity contribution is 5.76. The maximum atomic E-state index is 12.1. The molecule has 1 rings (SSSR count). The number of ether oxygens (including phenoxy) is 1. The Labute approximate surface area is 109 Å². The van der Waals surface area contributed by atoms with E-state index in [0.717, 1.165) is 6.42 Å². The summed E-state index contributed by atoms with van der Waals surface area (Å²) in [6, 6.07) is 0. The van der Waals surface area contributed by atoms with Gasteiger partial charge < -0.3 is 20.5 Å². The molecule has 3 N–H and O–H groups in total. The molecular weight excluding hydrogens is 232 g/mol. The minimum Gasteiger partial charge on any atom is -0.394 e. The molecule has 18 heavy (non-hydrogen) atoms. The van der Waals surface area contributed by atoms with Crippen LogP contribution in [0.25, 0.3) is 0 Å². The molecule has 0 aliphatic carbocycles. The second-order valence-corrected chi connectivity index (χ2v) is 5.45. The summed E-state index contributed by atoms with van der Waals surface area (Å²) in [5.74, 6) is 0.946. The zero-order valence-corrected chi connectivity index (χ0v) is 11.5. The lowest BCUT2D eigenvalue weighted by Gasteiger charge is -2.33. The van der Waals surface area contributed by atoms with Crippen molar-refractivity contribution in [3.63, 3.8) is 0 Å². The Kier molecular flexibility index (Phi) is 6.60. The standard InChI is InChI=1S/C13H26N2O3/c1-10(2)5-11(7-14)6-13(17)15-3-4-18-12(8-15)9-16/h10-12,16H,3-9,14H2,1-2H3. The summed E-state index contributed by atoms with van der Waals surface area (Å²) < 4.78 is 5.33. The van der Waals surface area contributed by atoms with E-state index in [1.165, 1.54) is 0 Å². The highest BCUT2D eigenvalue weighted by Crippen LogP contribution is 2.16. The van der Waals surface area contributed by atoms with Crippen LogP contribution in [0.5, 0.6) is 0 Å². The molecule has 5 nitrogen and oxygen atoms in total. The smallest absolute Gasteiger partial charge is 0.223 e. The van der Waals surface area contributed by atoms with Gasteiger partial charge in [-0.15, -0.1) is 0 Å². The SMILES string of the molecule is CC(C)CC(CN)CC(=O)N1CCOC(CO)C1. The van der Waals surface area contributed by atoms with Crippen molar-refractivity contribution >= 4 is 5.91 Å². The Morgan fingerprint density at radius 1 is 1.56 bits per heavy atom. The molecule has 0 saturated carbocycles.